The molecule has 2 N–H and O–H groups in total. The van der Waals surface area contributed by atoms with Crippen LogP contribution in [0.5, 0.6) is 5.75 Å². The number of ether oxygens (including phenoxy) is 2. The van der Waals surface area contributed by atoms with E-state index in [1.165, 1.54) is 25.3 Å². The number of carbonyl (C=O) groups excluding carboxylic acids is 1. The van der Waals surface area contributed by atoms with E-state index in [0.29, 0.717) is 19.7 Å². The van der Waals surface area contributed by atoms with E-state index in [4.69, 9.17) is 9.47 Å². The average molecular weight is 495 g/mol. The van der Waals surface area contributed by atoms with Crippen LogP contribution in [-0.4, -0.2) is 56.6 Å². The Hall–Kier alpha value is -1.75. The molecule has 0 spiro atoms. The summed E-state index contributed by atoms with van der Waals surface area (Å²) < 4.78 is 54.2. The van der Waals surface area contributed by atoms with Crippen molar-refractivity contribution >= 4 is 16.1 Å². The highest BCUT2D eigenvalue weighted by atomic mass is 32.2. The van der Waals surface area contributed by atoms with Crippen molar-refractivity contribution in [2.24, 2.45) is 23.2 Å². The van der Waals surface area contributed by atoms with E-state index >= 15 is 4.39 Å². The van der Waals surface area contributed by atoms with Gasteiger partial charge in [0.05, 0.1) is 25.4 Å². The second-order valence-corrected chi connectivity index (χ2v) is 12.9. The highest BCUT2D eigenvalue weighted by Gasteiger charge is 2.51. The maximum absolute atomic E-state index is 15.1. The van der Waals surface area contributed by atoms with Crippen molar-refractivity contribution in [1.82, 2.24) is 9.03 Å². The Kier molecular flexibility index (Phi) is 5.26. The van der Waals surface area contributed by atoms with Gasteiger partial charge in [-0.2, -0.15) is 12.7 Å². The lowest BCUT2D eigenvalue weighted by Gasteiger charge is -2.56. The van der Waals surface area contributed by atoms with Gasteiger partial charge < -0.3 is 14.6 Å². The van der Waals surface area contributed by atoms with Gasteiger partial charge in [0.1, 0.15) is 17.2 Å². The molecule has 0 radical (unpaired) electrons. The van der Waals surface area contributed by atoms with E-state index in [1.807, 2.05) is 4.72 Å². The summed E-state index contributed by atoms with van der Waals surface area (Å²) in [5.41, 5.74) is -1.50. The van der Waals surface area contributed by atoms with Crippen molar-refractivity contribution in [2.45, 2.75) is 50.5 Å². The number of halogens is 1. The van der Waals surface area contributed by atoms with Crippen LogP contribution in [0, 0.1) is 29.0 Å². The number of rotatable bonds is 7. The number of nitrogens with one attached hydrogen (secondary N) is 1. The van der Waals surface area contributed by atoms with Crippen LogP contribution in [0.4, 0.5) is 4.39 Å². The van der Waals surface area contributed by atoms with E-state index in [0.717, 1.165) is 53.8 Å². The second-order valence-electron chi connectivity index (χ2n) is 11.2. The molecule has 2 saturated heterocycles. The van der Waals surface area contributed by atoms with Crippen LogP contribution in [0.3, 0.4) is 0 Å². The first-order valence-electron chi connectivity index (χ1n) is 12.2. The highest BCUT2D eigenvalue weighted by molar-refractivity contribution is 7.87. The Bertz CT molecular complexity index is 1080. The third-order valence-electron chi connectivity index (χ3n) is 8.57. The van der Waals surface area contributed by atoms with Crippen molar-refractivity contribution < 1.29 is 32.2 Å². The predicted octanol–water partition coefficient (Wildman–Crippen LogP) is 2.32. The number of hydrogen-bond acceptors (Lipinski definition) is 6. The summed E-state index contributed by atoms with van der Waals surface area (Å²) in [7, 11) is -4.03. The molecule has 8 nitrogen and oxygen atoms in total. The number of nitrogens with zero attached hydrogens (tertiary/aromatic N) is 1. The van der Waals surface area contributed by atoms with Gasteiger partial charge in [0.25, 0.3) is 5.91 Å². The summed E-state index contributed by atoms with van der Waals surface area (Å²) in [4.78, 5) is 12.7. The summed E-state index contributed by atoms with van der Waals surface area (Å²) in [6.45, 7) is 1.10. The Balaban J connectivity index is 1.26. The van der Waals surface area contributed by atoms with E-state index in [9.17, 15) is 18.3 Å². The molecule has 34 heavy (non-hydrogen) atoms. The van der Waals surface area contributed by atoms with Crippen LogP contribution in [-0.2, 0) is 20.5 Å². The molecule has 1 aromatic rings. The smallest absolute Gasteiger partial charge is 0.304 e. The maximum Gasteiger partial charge on any atom is 0.304 e. The summed E-state index contributed by atoms with van der Waals surface area (Å²) in [5.74, 6) is 0.479. The van der Waals surface area contributed by atoms with Crippen LogP contribution in [0.2, 0.25) is 0 Å². The number of aliphatic hydroxyl groups is 1. The number of amides is 1. The fraction of sp³-hybridized carbons (Fsp3) is 0.708. The molecule has 186 valence electrons. The van der Waals surface area contributed by atoms with E-state index in [-0.39, 0.29) is 29.9 Å². The van der Waals surface area contributed by atoms with Gasteiger partial charge in [-0.1, -0.05) is 0 Å². The topological polar surface area (TPSA) is 105 Å². The minimum atomic E-state index is -4.03. The predicted molar refractivity (Wildman–Crippen MR) is 120 cm³/mol. The fourth-order valence-corrected chi connectivity index (χ4v) is 8.34. The standard InChI is InChI=1S/C24H31FN2O6S/c25-20-8-21(33-12-23-9-15-4-16(10-23)6-17(5-15)11-23)19(24(29)13-32-14-24)7-18(20)22(28)26-34(30,31)27-2-1-3-27/h7-8,15-17,29H,1-6,9-14H2,(H,26,28). The zero-order chi connectivity index (χ0) is 23.7. The lowest BCUT2D eigenvalue weighted by atomic mass is 9.50. The molecule has 0 atom stereocenters. The first-order valence-corrected chi connectivity index (χ1v) is 13.7. The molecular formula is C24H31FN2O6S. The second kappa shape index (κ2) is 7.88. The van der Waals surface area contributed by atoms with Gasteiger partial charge in [0.2, 0.25) is 0 Å². The molecule has 6 fully saturated rings. The molecule has 2 heterocycles. The molecule has 7 rings (SSSR count). The zero-order valence-corrected chi connectivity index (χ0v) is 19.9. The third kappa shape index (κ3) is 3.83. The van der Waals surface area contributed by atoms with Crippen LogP contribution in [0.15, 0.2) is 12.1 Å². The molecule has 10 heteroatoms. The molecule has 4 saturated carbocycles. The molecule has 4 bridgehead atoms. The highest BCUT2D eigenvalue weighted by Crippen LogP contribution is 2.60. The quantitative estimate of drug-likeness (QED) is 0.603. The van der Waals surface area contributed by atoms with Gasteiger partial charge in [0, 0.05) is 30.1 Å². The minimum Gasteiger partial charge on any atom is -0.493 e. The Morgan fingerprint density at radius 2 is 1.76 bits per heavy atom. The molecular weight excluding hydrogens is 463 g/mol. The van der Waals surface area contributed by atoms with Crippen molar-refractivity contribution in [3.63, 3.8) is 0 Å². The largest absolute Gasteiger partial charge is 0.493 e. The van der Waals surface area contributed by atoms with Gasteiger partial charge in [0.15, 0.2) is 0 Å². The van der Waals surface area contributed by atoms with E-state index in [2.05, 4.69) is 0 Å². The summed E-state index contributed by atoms with van der Waals surface area (Å²) in [6.07, 6.45) is 8.01. The van der Waals surface area contributed by atoms with Crippen molar-refractivity contribution in [3.05, 3.63) is 29.1 Å². The monoisotopic (exact) mass is 494 g/mol. The number of benzene rings is 1. The first kappa shape index (κ1) is 22.7. The molecule has 1 aromatic carbocycles. The summed E-state index contributed by atoms with van der Waals surface area (Å²) >= 11 is 0. The van der Waals surface area contributed by atoms with E-state index < -0.39 is 33.1 Å². The van der Waals surface area contributed by atoms with E-state index in [1.54, 1.807) is 0 Å². The third-order valence-corrected chi connectivity index (χ3v) is 10.1. The Morgan fingerprint density at radius 3 is 2.26 bits per heavy atom. The molecule has 1 amide bonds. The van der Waals surface area contributed by atoms with Crippen molar-refractivity contribution in [3.8, 4) is 5.75 Å². The average Bonchev–Trinajstić information content (AvgIpc) is 2.67. The first-order chi connectivity index (χ1) is 16.1. The van der Waals surface area contributed by atoms with Gasteiger partial charge >= 0.3 is 10.2 Å². The molecule has 0 unspecified atom stereocenters. The van der Waals surface area contributed by atoms with Gasteiger partial charge in [-0.05, 0) is 68.8 Å². The maximum atomic E-state index is 15.1. The molecule has 0 aromatic heterocycles. The van der Waals surface area contributed by atoms with Crippen LogP contribution in [0.25, 0.3) is 0 Å². The van der Waals surface area contributed by atoms with Gasteiger partial charge in [-0.25, -0.2) is 9.11 Å². The molecule has 6 aliphatic rings. The minimum absolute atomic E-state index is 0.000503. The van der Waals surface area contributed by atoms with Crippen molar-refractivity contribution in [2.75, 3.05) is 32.9 Å². The number of hydrogen-bond donors (Lipinski definition) is 2. The Morgan fingerprint density at radius 1 is 1.15 bits per heavy atom. The fourth-order valence-electron chi connectivity index (χ4n) is 7.12. The zero-order valence-electron chi connectivity index (χ0n) is 19.1. The van der Waals surface area contributed by atoms with Crippen LogP contribution < -0.4 is 9.46 Å². The number of carbonyl (C=O) groups is 1. The van der Waals surface area contributed by atoms with Gasteiger partial charge in [-0.15, -0.1) is 0 Å². The van der Waals surface area contributed by atoms with Gasteiger partial charge in [-0.3, -0.25) is 4.79 Å². The van der Waals surface area contributed by atoms with Crippen molar-refractivity contribution in [1.29, 1.82) is 0 Å². The summed E-state index contributed by atoms with van der Waals surface area (Å²) in [6, 6.07) is 2.32. The van der Waals surface area contributed by atoms with Crippen LogP contribution >= 0.6 is 0 Å². The SMILES string of the molecule is O=C(NS(=O)(=O)N1CCC1)c1cc(C2(O)COC2)c(OCC23CC4CC(CC(C4)C2)C3)cc1F. The molecule has 2 aliphatic heterocycles. The van der Waals surface area contributed by atoms with Crippen LogP contribution in [0.1, 0.15) is 60.9 Å². The summed E-state index contributed by atoms with van der Waals surface area (Å²) in [5, 5.41) is 11.0. The molecule has 4 aliphatic carbocycles. The lowest BCUT2D eigenvalue weighted by Crippen LogP contribution is -2.50. The Labute approximate surface area is 199 Å². The normalized spacial score (nSPS) is 33.8. The lowest BCUT2D eigenvalue weighted by molar-refractivity contribution is -0.185.